The molecule has 0 radical (unpaired) electrons. The Labute approximate surface area is 214 Å². The lowest BCUT2D eigenvalue weighted by atomic mass is 9.97. The third-order valence-corrected chi connectivity index (χ3v) is 5.51. The predicted octanol–water partition coefficient (Wildman–Crippen LogP) is 4.13. The average molecular weight is 495 g/mol. The molecule has 1 aromatic heterocycles. The van der Waals surface area contributed by atoms with Gasteiger partial charge in [0.15, 0.2) is 0 Å². The smallest absolute Gasteiger partial charge is 0.227 e. The maximum atomic E-state index is 11.1. The van der Waals surface area contributed by atoms with Crippen molar-refractivity contribution in [3.05, 3.63) is 60.5 Å². The highest BCUT2D eigenvalue weighted by Crippen LogP contribution is 2.21. The van der Waals surface area contributed by atoms with Crippen molar-refractivity contribution in [2.24, 2.45) is 16.1 Å². The van der Waals surface area contributed by atoms with E-state index in [4.69, 9.17) is 9.26 Å². The molecular weight excluding hydrogens is 456 g/mol. The first-order valence-electron chi connectivity index (χ1n) is 12.5. The molecule has 1 saturated heterocycles. The van der Waals surface area contributed by atoms with Gasteiger partial charge in [-0.05, 0) is 56.4 Å². The lowest BCUT2D eigenvalue weighted by Gasteiger charge is -2.22. The molecule has 1 N–H and O–H groups in total. The molecule has 3 heterocycles. The number of nitrogens with one attached hydrogen (secondary N) is 1. The Morgan fingerprint density at radius 3 is 2.78 bits per heavy atom. The summed E-state index contributed by atoms with van der Waals surface area (Å²) in [6, 6.07) is 0.105. The summed E-state index contributed by atoms with van der Waals surface area (Å²) < 4.78 is 10.7. The third-order valence-electron chi connectivity index (χ3n) is 5.51. The molecule has 1 aliphatic carbocycles. The first kappa shape index (κ1) is 28.7. The number of ether oxygens (including phenoxy) is 1. The number of hydrogen-bond acceptors (Lipinski definition) is 9. The monoisotopic (exact) mass is 494 g/mol. The Morgan fingerprint density at radius 2 is 2.08 bits per heavy atom. The highest BCUT2D eigenvalue weighted by molar-refractivity contribution is 6.42. The number of hydrazone groups is 2. The largest absolute Gasteiger partial charge is 0.381 e. The highest BCUT2D eigenvalue weighted by Gasteiger charge is 2.18. The lowest BCUT2D eigenvalue weighted by molar-refractivity contribution is -0.108. The molecule has 0 aromatic carbocycles. The van der Waals surface area contributed by atoms with E-state index < -0.39 is 0 Å². The highest BCUT2D eigenvalue weighted by atomic mass is 16.5. The van der Waals surface area contributed by atoms with Gasteiger partial charge in [0.2, 0.25) is 17.5 Å². The molecule has 194 valence electrons. The molecule has 9 heteroatoms. The molecule has 1 unspecified atom stereocenters. The number of allylic oxidation sites excluding steroid dienone is 6. The van der Waals surface area contributed by atoms with Gasteiger partial charge in [0.25, 0.3) is 0 Å². The van der Waals surface area contributed by atoms with Crippen molar-refractivity contribution in [3.8, 4) is 0 Å². The first-order chi connectivity index (χ1) is 17.5. The molecule has 2 aliphatic heterocycles. The van der Waals surface area contributed by atoms with Crippen LogP contribution in [-0.2, 0) is 16.0 Å². The molecule has 3 aliphatic rings. The van der Waals surface area contributed by atoms with Gasteiger partial charge in [0, 0.05) is 45.0 Å². The van der Waals surface area contributed by atoms with Crippen LogP contribution in [0.5, 0.6) is 0 Å². The summed E-state index contributed by atoms with van der Waals surface area (Å²) in [7, 11) is 1.92. The van der Waals surface area contributed by atoms with Crippen molar-refractivity contribution in [3.63, 3.8) is 0 Å². The molecule has 0 amide bonds. The first-order valence-corrected chi connectivity index (χ1v) is 12.5. The Balaban J connectivity index is 0.000000244. The fraction of sp³-hybridized carbons (Fsp3) is 0.481. The van der Waals surface area contributed by atoms with Crippen molar-refractivity contribution in [1.29, 1.82) is 0 Å². The lowest BCUT2D eigenvalue weighted by Crippen LogP contribution is -2.35. The van der Waals surface area contributed by atoms with Crippen LogP contribution in [0.25, 0.3) is 5.57 Å². The van der Waals surface area contributed by atoms with Crippen molar-refractivity contribution in [2.45, 2.75) is 52.5 Å². The van der Waals surface area contributed by atoms with Gasteiger partial charge in [-0.15, -0.1) is 5.73 Å². The minimum absolute atomic E-state index is 0.105. The molecular formula is C27H38N6O3. The minimum atomic E-state index is -0.160. The molecule has 9 nitrogen and oxygen atoms in total. The molecule has 1 fully saturated rings. The zero-order valence-electron chi connectivity index (χ0n) is 21.8. The number of carbonyl (C=O) groups is 1. The molecule has 0 bridgehead atoms. The standard InChI is InChI=1S/C15H16N2O2.C10H16N4O.C2H6/c1-2-4-6-13(5-3-1)15-16-14(19-17-15)11-12-7-9-18-10-8-12;1-4-10(15)8(2)12-13-9-5-6-14(3)11-7-9;1-2/h1,3-6,12H,7-11H2;4,7,9,13H,1,5-6H2,2-3H3;1-2H3/b;12-8-;. The maximum Gasteiger partial charge on any atom is 0.227 e. The summed E-state index contributed by atoms with van der Waals surface area (Å²) in [5.41, 5.74) is 7.27. The number of aromatic nitrogens is 2. The van der Waals surface area contributed by atoms with Crippen molar-refractivity contribution >= 4 is 23.3 Å². The van der Waals surface area contributed by atoms with E-state index in [9.17, 15) is 4.79 Å². The molecule has 36 heavy (non-hydrogen) atoms. The van der Waals surface area contributed by atoms with Gasteiger partial charge in [0.05, 0.1) is 6.04 Å². The Hall–Kier alpha value is -3.55. The SMILES string of the molecule is C1=CC=CC(c2noc(CC3CCOCC3)n2)=CC=1.C=CC(=O)/C(C)=N\NC1C=NN(C)CC1.CC. The van der Waals surface area contributed by atoms with Crippen LogP contribution in [0.1, 0.15) is 51.7 Å². The third kappa shape index (κ3) is 9.98. The van der Waals surface area contributed by atoms with E-state index in [1.165, 1.54) is 6.08 Å². The summed E-state index contributed by atoms with van der Waals surface area (Å²) in [5.74, 6) is 1.80. The topological polar surface area (TPSA) is 105 Å². The van der Waals surface area contributed by atoms with Crippen LogP contribution in [0.4, 0.5) is 0 Å². The van der Waals surface area contributed by atoms with E-state index in [1.54, 1.807) is 13.1 Å². The average Bonchev–Trinajstić information content (AvgIpc) is 3.21. The number of hydrogen-bond donors (Lipinski definition) is 1. The van der Waals surface area contributed by atoms with Gasteiger partial charge in [-0.1, -0.05) is 37.7 Å². The van der Waals surface area contributed by atoms with Gasteiger partial charge in [0.1, 0.15) is 5.71 Å². The van der Waals surface area contributed by atoms with Gasteiger partial charge >= 0.3 is 0 Å². The molecule has 4 rings (SSSR count). The maximum absolute atomic E-state index is 11.1. The van der Waals surface area contributed by atoms with E-state index in [2.05, 4.69) is 38.1 Å². The normalized spacial score (nSPS) is 19.3. The second-order valence-corrected chi connectivity index (χ2v) is 8.19. The Morgan fingerprint density at radius 1 is 1.31 bits per heavy atom. The molecule has 1 atom stereocenters. The number of nitrogens with zero attached hydrogens (tertiary/aromatic N) is 5. The summed E-state index contributed by atoms with van der Waals surface area (Å²) in [6.45, 7) is 11.6. The van der Waals surface area contributed by atoms with Crippen molar-refractivity contribution in [2.75, 3.05) is 26.8 Å². The van der Waals surface area contributed by atoms with Crippen LogP contribution in [0, 0.1) is 5.92 Å². The summed E-state index contributed by atoms with van der Waals surface area (Å²) in [6.07, 6.45) is 16.5. The van der Waals surface area contributed by atoms with E-state index in [0.717, 1.165) is 56.9 Å². The van der Waals surface area contributed by atoms with E-state index in [-0.39, 0.29) is 11.8 Å². The van der Waals surface area contributed by atoms with Gasteiger partial charge in [-0.25, -0.2) is 0 Å². The molecule has 0 saturated carbocycles. The van der Waals surface area contributed by atoms with Crippen LogP contribution in [0.3, 0.4) is 0 Å². The van der Waals surface area contributed by atoms with Gasteiger partial charge in [-0.3, -0.25) is 4.79 Å². The molecule has 0 spiro atoms. The van der Waals surface area contributed by atoms with Crippen LogP contribution in [0.2, 0.25) is 0 Å². The Bertz CT molecular complexity index is 1020. The second kappa shape index (κ2) is 16.2. The van der Waals surface area contributed by atoms with E-state index in [0.29, 0.717) is 17.5 Å². The van der Waals surface area contributed by atoms with E-state index >= 15 is 0 Å². The predicted molar refractivity (Wildman–Crippen MR) is 144 cm³/mol. The van der Waals surface area contributed by atoms with Crippen LogP contribution in [-0.4, -0.2) is 65.7 Å². The van der Waals surface area contributed by atoms with Crippen LogP contribution >= 0.6 is 0 Å². The quantitative estimate of drug-likeness (QED) is 0.263. The zero-order valence-corrected chi connectivity index (χ0v) is 21.8. The van der Waals surface area contributed by atoms with Crippen LogP contribution in [0.15, 0.2) is 63.5 Å². The minimum Gasteiger partial charge on any atom is -0.381 e. The number of carbonyl (C=O) groups excluding carboxylic acids is 1. The fourth-order valence-electron chi connectivity index (χ4n) is 3.39. The van der Waals surface area contributed by atoms with Gasteiger partial charge < -0.3 is 19.7 Å². The van der Waals surface area contributed by atoms with Crippen molar-refractivity contribution < 1.29 is 14.1 Å². The second-order valence-electron chi connectivity index (χ2n) is 8.19. The molecule has 1 aromatic rings. The van der Waals surface area contributed by atoms with E-state index in [1.807, 2.05) is 56.3 Å². The Kier molecular flexibility index (Phi) is 12.9. The summed E-state index contributed by atoms with van der Waals surface area (Å²) in [4.78, 5) is 15.6. The summed E-state index contributed by atoms with van der Waals surface area (Å²) >= 11 is 0. The van der Waals surface area contributed by atoms with Crippen molar-refractivity contribution in [1.82, 2.24) is 20.6 Å². The van der Waals surface area contributed by atoms with Gasteiger partial charge in [-0.2, -0.15) is 15.2 Å². The number of rotatable bonds is 7. The zero-order chi connectivity index (χ0) is 26.2. The fourth-order valence-corrected chi connectivity index (χ4v) is 3.39. The summed E-state index contributed by atoms with van der Waals surface area (Å²) in [5, 5.41) is 14.0. The van der Waals surface area contributed by atoms with Crippen LogP contribution < -0.4 is 5.43 Å². The number of ketones is 1.